The highest BCUT2D eigenvalue weighted by Crippen LogP contribution is 2.18. The molecule has 0 aromatic heterocycles. The molecule has 1 unspecified atom stereocenters. The van der Waals surface area contributed by atoms with Crippen LogP contribution in [-0.4, -0.2) is 30.0 Å². The average Bonchev–Trinajstić information content (AvgIpc) is 2.46. The first-order valence-corrected chi connectivity index (χ1v) is 7.34. The molecule has 0 saturated carbocycles. The molecular weight excluding hydrogens is 257 g/mol. The summed E-state index contributed by atoms with van der Waals surface area (Å²) in [6.07, 6.45) is 4.66. The van der Waals surface area contributed by atoms with Crippen molar-refractivity contribution in [2.45, 2.75) is 45.1 Å². The van der Waals surface area contributed by atoms with Gasteiger partial charge in [0.05, 0.1) is 6.61 Å². The van der Waals surface area contributed by atoms with E-state index in [2.05, 4.69) is 6.92 Å². The summed E-state index contributed by atoms with van der Waals surface area (Å²) < 4.78 is 18.2. The van der Waals surface area contributed by atoms with Crippen molar-refractivity contribution in [2.75, 3.05) is 13.2 Å². The zero-order chi connectivity index (χ0) is 14.4. The van der Waals surface area contributed by atoms with Gasteiger partial charge in [0.1, 0.15) is 11.6 Å². The minimum atomic E-state index is -0.272. The van der Waals surface area contributed by atoms with E-state index >= 15 is 0 Å². The van der Waals surface area contributed by atoms with E-state index in [1.807, 2.05) is 4.90 Å². The van der Waals surface area contributed by atoms with Crippen LogP contribution in [-0.2, 0) is 4.79 Å². The van der Waals surface area contributed by atoms with Crippen LogP contribution >= 0.6 is 0 Å². The molecule has 110 valence electrons. The van der Waals surface area contributed by atoms with Crippen molar-refractivity contribution in [1.82, 2.24) is 4.90 Å². The van der Waals surface area contributed by atoms with E-state index < -0.39 is 0 Å². The van der Waals surface area contributed by atoms with E-state index in [-0.39, 0.29) is 11.7 Å². The molecule has 1 fully saturated rings. The van der Waals surface area contributed by atoms with Crippen LogP contribution in [0.4, 0.5) is 4.39 Å². The summed E-state index contributed by atoms with van der Waals surface area (Å²) >= 11 is 0. The summed E-state index contributed by atoms with van der Waals surface area (Å²) in [5.41, 5.74) is 0. The summed E-state index contributed by atoms with van der Waals surface area (Å²) in [6, 6.07) is 6.31. The highest BCUT2D eigenvalue weighted by molar-refractivity contribution is 5.76. The summed E-state index contributed by atoms with van der Waals surface area (Å²) in [7, 11) is 0. The van der Waals surface area contributed by atoms with Crippen LogP contribution in [0.15, 0.2) is 24.3 Å². The van der Waals surface area contributed by atoms with Gasteiger partial charge in [-0.2, -0.15) is 0 Å². The predicted molar refractivity (Wildman–Crippen MR) is 76.2 cm³/mol. The van der Waals surface area contributed by atoms with Crippen molar-refractivity contribution >= 4 is 5.91 Å². The highest BCUT2D eigenvalue weighted by atomic mass is 19.1. The number of halogens is 1. The summed E-state index contributed by atoms with van der Waals surface area (Å²) in [4.78, 5) is 14.1. The second kappa shape index (κ2) is 7.27. The molecule has 0 radical (unpaired) electrons. The molecule has 4 heteroatoms. The van der Waals surface area contributed by atoms with Crippen LogP contribution in [0.2, 0.25) is 0 Å². The second-order valence-corrected chi connectivity index (χ2v) is 5.34. The Morgan fingerprint density at radius 2 is 2.10 bits per heavy atom. The van der Waals surface area contributed by atoms with E-state index in [9.17, 15) is 9.18 Å². The zero-order valence-corrected chi connectivity index (χ0v) is 12.0. The van der Waals surface area contributed by atoms with Gasteiger partial charge in [0, 0.05) is 19.0 Å². The number of piperidine rings is 1. The number of hydrogen-bond acceptors (Lipinski definition) is 2. The fourth-order valence-electron chi connectivity index (χ4n) is 2.56. The molecule has 0 aliphatic carbocycles. The Balaban J connectivity index is 1.67. The number of carbonyl (C=O) groups is 1. The summed E-state index contributed by atoms with van der Waals surface area (Å²) in [6.45, 7) is 3.49. The van der Waals surface area contributed by atoms with E-state index in [1.165, 1.54) is 18.6 Å². The maximum atomic E-state index is 12.7. The second-order valence-electron chi connectivity index (χ2n) is 5.34. The molecule has 3 nitrogen and oxygen atoms in total. The third-order valence-electron chi connectivity index (χ3n) is 3.74. The van der Waals surface area contributed by atoms with Crippen LogP contribution in [0.25, 0.3) is 0 Å². The van der Waals surface area contributed by atoms with Crippen molar-refractivity contribution in [3.8, 4) is 5.75 Å². The molecule has 1 aliphatic rings. The lowest BCUT2D eigenvalue weighted by atomic mass is 10.0. The van der Waals surface area contributed by atoms with E-state index in [0.717, 1.165) is 19.4 Å². The number of ether oxygens (including phenoxy) is 1. The number of hydrogen-bond donors (Lipinski definition) is 0. The van der Waals surface area contributed by atoms with Crippen LogP contribution < -0.4 is 4.74 Å². The fraction of sp³-hybridized carbons (Fsp3) is 0.562. The lowest BCUT2D eigenvalue weighted by Crippen LogP contribution is -2.42. The van der Waals surface area contributed by atoms with Gasteiger partial charge in [-0.15, -0.1) is 0 Å². The summed E-state index contributed by atoms with van der Waals surface area (Å²) in [5, 5.41) is 0. The summed E-state index contributed by atoms with van der Waals surface area (Å²) in [5.74, 6) is 0.594. The average molecular weight is 279 g/mol. The topological polar surface area (TPSA) is 29.5 Å². The van der Waals surface area contributed by atoms with Gasteiger partial charge in [0.25, 0.3) is 0 Å². The predicted octanol–water partition coefficient (Wildman–Crippen LogP) is 3.39. The Hall–Kier alpha value is -1.58. The van der Waals surface area contributed by atoms with Gasteiger partial charge in [0.15, 0.2) is 0 Å². The Kier molecular flexibility index (Phi) is 5.39. The van der Waals surface area contributed by atoms with Crippen molar-refractivity contribution in [3.63, 3.8) is 0 Å². The molecule has 1 heterocycles. The maximum absolute atomic E-state index is 12.7. The number of benzene rings is 1. The van der Waals surface area contributed by atoms with Gasteiger partial charge in [0.2, 0.25) is 5.91 Å². The molecule has 1 atom stereocenters. The van der Waals surface area contributed by atoms with Crippen LogP contribution in [0.5, 0.6) is 5.75 Å². The van der Waals surface area contributed by atoms with Crippen molar-refractivity contribution in [3.05, 3.63) is 30.1 Å². The molecule has 1 saturated heterocycles. The molecule has 2 rings (SSSR count). The van der Waals surface area contributed by atoms with E-state index in [0.29, 0.717) is 31.2 Å². The molecule has 20 heavy (non-hydrogen) atoms. The van der Waals surface area contributed by atoms with Gasteiger partial charge in [-0.25, -0.2) is 4.39 Å². The Morgan fingerprint density at radius 1 is 1.35 bits per heavy atom. The fourth-order valence-corrected chi connectivity index (χ4v) is 2.56. The number of nitrogens with zero attached hydrogens (tertiary/aromatic N) is 1. The van der Waals surface area contributed by atoms with Crippen LogP contribution in [0.3, 0.4) is 0 Å². The molecule has 0 N–H and O–H groups in total. The van der Waals surface area contributed by atoms with Gasteiger partial charge >= 0.3 is 0 Å². The Morgan fingerprint density at radius 3 is 2.80 bits per heavy atom. The van der Waals surface area contributed by atoms with Crippen LogP contribution in [0, 0.1) is 5.82 Å². The largest absolute Gasteiger partial charge is 0.494 e. The molecule has 1 aromatic rings. The van der Waals surface area contributed by atoms with E-state index in [1.54, 1.807) is 12.1 Å². The van der Waals surface area contributed by atoms with Gasteiger partial charge in [-0.05, 0) is 56.9 Å². The highest BCUT2D eigenvalue weighted by Gasteiger charge is 2.22. The lowest BCUT2D eigenvalue weighted by Gasteiger charge is -2.33. The Bertz CT molecular complexity index is 433. The number of likely N-dealkylation sites (tertiary alicyclic amines) is 1. The third-order valence-corrected chi connectivity index (χ3v) is 3.74. The van der Waals surface area contributed by atoms with Gasteiger partial charge in [-0.1, -0.05) is 0 Å². The molecular formula is C16H22FNO2. The maximum Gasteiger partial charge on any atom is 0.222 e. The first kappa shape index (κ1) is 14.8. The molecule has 1 amide bonds. The molecule has 0 spiro atoms. The van der Waals surface area contributed by atoms with Crippen molar-refractivity contribution in [1.29, 1.82) is 0 Å². The lowest BCUT2D eigenvalue weighted by molar-refractivity contribution is -0.134. The van der Waals surface area contributed by atoms with Crippen molar-refractivity contribution < 1.29 is 13.9 Å². The minimum absolute atomic E-state index is 0.222. The number of rotatable bonds is 5. The smallest absolute Gasteiger partial charge is 0.222 e. The van der Waals surface area contributed by atoms with Gasteiger partial charge < -0.3 is 9.64 Å². The molecule has 1 aromatic carbocycles. The van der Waals surface area contributed by atoms with Gasteiger partial charge in [-0.3, -0.25) is 4.79 Å². The molecule has 0 bridgehead atoms. The normalized spacial score (nSPS) is 18.9. The third kappa shape index (κ3) is 4.22. The minimum Gasteiger partial charge on any atom is -0.494 e. The molecule has 1 aliphatic heterocycles. The quantitative estimate of drug-likeness (QED) is 0.773. The Labute approximate surface area is 119 Å². The van der Waals surface area contributed by atoms with Crippen molar-refractivity contribution in [2.24, 2.45) is 0 Å². The number of amides is 1. The first-order valence-electron chi connectivity index (χ1n) is 7.34. The zero-order valence-electron chi connectivity index (χ0n) is 12.0. The number of carbonyl (C=O) groups excluding carboxylic acids is 1. The van der Waals surface area contributed by atoms with Crippen LogP contribution in [0.1, 0.15) is 39.0 Å². The first-order chi connectivity index (χ1) is 9.66. The standard InChI is InChI=1S/C16H22FNO2/c1-13-5-2-3-11-18(13)16(19)6-4-12-20-15-9-7-14(17)8-10-15/h7-10,13H,2-6,11-12H2,1H3. The van der Waals surface area contributed by atoms with E-state index in [4.69, 9.17) is 4.74 Å². The SMILES string of the molecule is CC1CCCCN1C(=O)CCCOc1ccc(F)cc1. The monoisotopic (exact) mass is 279 g/mol.